The van der Waals surface area contributed by atoms with Gasteiger partial charge in [-0.05, 0) is 67.2 Å². The maximum atomic E-state index is 13.8. The fourth-order valence-electron chi connectivity index (χ4n) is 3.93. The molecule has 1 aliphatic heterocycles. The highest BCUT2D eigenvalue weighted by Crippen LogP contribution is 2.38. The third-order valence-electron chi connectivity index (χ3n) is 5.45. The van der Waals surface area contributed by atoms with Crippen LogP contribution in [0.15, 0.2) is 66.7 Å². The van der Waals surface area contributed by atoms with Crippen LogP contribution < -0.4 is 15.4 Å². The third kappa shape index (κ3) is 6.13. The van der Waals surface area contributed by atoms with Crippen LogP contribution in [0.25, 0.3) is 11.3 Å². The number of anilines is 2. The van der Waals surface area contributed by atoms with E-state index in [0.29, 0.717) is 28.1 Å². The number of halogens is 1. The van der Waals surface area contributed by atoms with E-state index < -0.39 is 15.8 Å². The first kappa shape index (κ1) is 24.6. The Bertz CT molecular complexity index is 1400. The van der Waals surface area contributed by atoms with Gasteiger partial charge >= 0.3 is 0 Å². The lowest BCUT2D eigenvalue weighted by molar-refractivity contribution is -0.110. The molecule has 0 radical (unpaired) electrons. The summed E-state index contributed by atoms with van der Waals surface area (Å²) < 4.78 is 39.4. The smallest absolute Gasteiger partial charge is 0.258 e. The van der Waals surface area contributed by atoms with Crippen molar-refractivity contribution in [2.24, 2.45) is 0 Å². The number of hydrogen-bond donors (Lipinski definition) is 3. The fourth-order valence-corrected chi connectivity index (χ4v) is 4.36. The molecule has 182 valence electrons. The van der Waals surface area contributed by atoms with E-state index in [4.69, 9.17) is 0 Å². The van der Waals surface area contributed by atoms with Gasteiger partial charge in [-0.25, -0.2) is 17.5 Å². The molecule has 3 aromatic rings. The topological polar surface area (TPSA) is 90.5 Å². The van der Waals surface area contributed by atoms with Crippen molar-refractivity contribution in [1.29, 1.82) is 0 Å². The van der Waals surface area contributed by atoms with Crippen molar-refractivity contribution in [2.45, 2.75) is 13.1 Å². The molecule has 1 heterocycles. The number of nitrogens with one attached hydrogen (secondary N) is 3. The predicted octanol–water partition coefficient (Wildman–Crippen LogP) is 3.87. The monoisotopic (exact) mass is 494 g/mol. The largest absolute Gasteiger partial charge is 0.354 e. The first-order valence-electron chi connectivity index (χ1n) is 11.0. The molecule has 7 nitrogen and oxygen atoms in total. The summed E-state index contributed by atoms with van der Waals surface area (Å²) in [5.74, 6) is -0.790. The molecule has 35 heavy (non-hydrogen) atoms. The van der Waals surface area contributed by atoms with E-state index in [0.717, 1.165) is 29.6 Å². The van der Waals surface area contributed by atoms with E-state index >= 15 is 0 Å². The summed E-state index contributed by atoms with van der Waals surface area (Å²) >= 11 is 0. The van der Waals surface area contributed by atoms with E-state index in [2.05, 4.69) is 20.3 Å². The van der Waals surface area contributed by atoms with E-state index in [1.807, 2.05) is 50.5 Å². The van der Waals surface area contributed by atoms with Gasteiger partial charge in [0.15, 0.2) is 0 Å². The number of carbonyl (C=O) groups excluding carboxylic acids is 1. The van der Waals surface area contributed by atoms with Crippen molar-refractivity contribution in [3.63, 3.8) is 0 Å². The predicted molar refractivity (Wildman–Crippen MR) is 137 cm³/mol. The van der Waals surface area contributed by atoms with Crippen LogP contribution in [-0.2, 0) is 27.9 Å². The second-order valence-corrected chi connectivity index (χ2v) is 10.6. The van der Waals surface area contributed by atoms with Crippen molar-refractivity contribution in [3.05, 3.63) is 94.8 Å². The number of fused-ring (bicyclic) bond motifs is 1. The molecule has 0 aromatic heterocycles. The summed E-state index contributed by atoms with van der Waals surface area (Å²) in [5, 5.41) is 6.12. The number of rotatable bonds is 8. The zero-order valence-corrected chi connectivity index (χ0v) is 20.5. The van der Waals surface area contributed by atoms with E-state index in [1.165, 1.54) is 12.1 Å². The molecule has 0 saturated carbocycles. The van der Waals surface area contributed by atoms with Crippen molar-refractivity contribution < 1.29 is 17.6 Å². The molecule has 3 aromatic carbocycles. The first-order chi connectivity index (χ1) is 16.6. The van der Waals surface area contributed by atoms with Crippen LogP contribution in [0, 0.1) is 5.82 Å². The molecular formula is C26H27FN4O3S. The Morgan fingerprint density at radius 2 is 1.74 bits per heavy atom. The Balaban J connectivity index is 1.79. The molecule has 0 spiro atoms. The Labute approximate surface area is 204 Å². The van der Waals surface area contributed by atoms with Gasteiger partial charge in [0.1, 0.15) is 5.82 Å². The normalized spacial score (nSPS) is 14.6. The van der Waals surface area contributed by atoms with Crippen LogP contribution in [0.3, 0.4) is 0 Å². The van der Waals surface area contributed by atoms with Gasteiger partial charge < -0.3 is 15.5 Å². The molecule has 0 fully saturated rings. The number of benzene rings is 3. The van der Waals surface area contributed by atoms with Crippen molar-refractivity contribution in [1.82, 2.24) is 9.62 Å². The lowest BCUT2D eigenvalue weighted by Gasteiger charge is -2.17. The van der Waals surface area contributed by atoms with Crippen molar-refractivity contribution >= 4 is 38.6 Å². The standard InChI is InChI=1S/C26H27FN4O3S/c1-31(2)16-17-7-10-21(11-8-17)29-25(19-6-4-5-18(13-19)15-28-35(3,33)34)24-22-12-9-20(27)14-23(22)30-26(24)32/h4-14,28-29H,15-16H2,1-3H3,(H,30,32)/b25-24-. The maximum Gasteiger partial charge on any atom is 0.258 e. The van der Waals surface area contributed by atoms with Gasteiger partial charge in [0.05, 0.1) is 23.2 Å². The number of nitrogens with zero attached hydrogens (tertiary/aromatic N) is 1. The molecule has 0 unspecified atom stereocenters. The maximum absolute atomic E-state index is 13.8. The zero-order chi connectivity index (χ0) is 25.2. The fraction of sp³-hybridized carbons (Fsp3) is 0.192. The second kappa shape index (κ2) is 9.99. The van der Waals surface area contributed by atoms with Gasteiger partial charge in [-0.3, -0.25) is 4.79 Å². The van der Waals surface area contributed by atoms with Gasteiger partial charge in [-0.15, -0.1) is 0 Å². The Morgan fingerprint density at radius 3 is 2.43 bits per heavy atom. The number of hydrogen-bond acceptors (Lipinski definition) is 5. The van der Waals surface area contributed by atoms with E-state index in [1.54, 1.807) is 18.2 Å². The van der Waals surface area contributed by atoms with Crippen LogP contribution >= 0.6 is 0 Å². The lowest BCUT2D eigenvalue weighted by Crippen LogP contribution is -2.21. The van der Waals surface area contributed by atoms with Crippen LogP contribution in [0.2, 0.25) is 0 Å². The lowest BCUT2D eigenvalue weighted by atomic mass is 9.98. The SMILES string of the molecule is CN(C)Cc1ccc(N/C(=C2\C(=O)Nc3cc(F)ccc32)c2cccc(CNS(C)(=O)=O)c2)cc1. The number of sulfonamides is 1. The van der Waals surface area contributed by atoms with Gasteiger partial charge in [-0.1, -0.05) is 30.3 Å². The van der Waals surface area contributed by atoms with Crippen LogP contribution in [0.5, 0.6) is 0 Å². The van der Waals surface area contributed by atoms with E-state index in [-0.39, 0.29) is 12.5 Å². The highest BCUT2D eigenvalue weighted by molar-refractivity contribution is 7.88. The zero-order valence-electron chi connectivity index (χ0n) is 19.7. The summed E-state index contributed by atoms with van der Waals surface area (Å²) in [7, 11) is 0.633. The minimum absolute atomic E-state index is 0.114. The van der Waals surface area contributed by atoms with Crippen LogP contribution in [0.1, 0.15) is 22.3 Å². The summed E-state index contributed by atoms with van der Waals surface area (Å²) in [6.45, 7) is 0.910. The molecule has 0 atom stereocenters. The minimum Gasteiger partial charge on any atom is -0.354 e. The summed E-state index contributed by atoms with van der Waals surface area (Å²) in [6.07, 6.45) is 1.10. The molecule has 0 aliphatic carbocycles. The molecule has 9 heteroatoms. The summed E-state index contributed by atoms with van der Waals surface area (Å²) in [5.41, 5.74) is 5.24. The highest BCUT2D eigenvalue weighted by atomic mass is 32.2. The molecule has 4 rings (SSSR count). The van der Waals surface area contributed by atoms with E-state index in [9.17, 15) is 17.6 Å². The number of carbonyl (C=O) groups is 1. The van der Waals surface area contributed by atoms with Crippen molar-refractivity contribution in [3.8, 4) is 0 Å². The Hall–Kier alpha value is -3.53. The minimum atomic E-state index is -3.37. The Morgan fingerprint density at radius 1 is 1.00 bits per heavy atom. The van der Waals surface area contributed by atoms with Crippen LogP contribution in [-0.4, -0.2) is 39.6 Å². The second-order valence-electron chi connectivity index (χ2n) is 8.75. The van der Waals surface area contributed by atoms with Gasteiger partial charge in [0, 0.05) is 24.3 Å². The van der Waals surface area contributed by atoms with Gasteiger partial charge in [0.2, 0.25) is 10.0 Å². The average Bonchev–Trinajstić information content (AvgIpc) is 3.11. The molecular weight excluding hydrogens is 467 g/mol. The van der Waals surface area contributed by atoms with Crippen LogP contribution in [0.4, 0.5) is 15.8 Å². The average molecular weight is 495 g/mol. The summed E-state index contributed by atoms with van der Waals surface area (Å²) in [6, 6.07) is 19.4. The highest BCUT2D eigenvalue weighted by Gasteiger charge is 2.29. The molecule has 3 N–H and O–H groups in total. The first-order valence-corrected chi connectivity index (χ1v) is 12.9. The molecule has 0 bridgehead atoms. The summed E-state index contributed by atoms with van der Waals surface area (Å²) in [4.78, 5) is 15.1. The van der Waals surface area contributed by atoms with Gasteiger partial charge in [0.25, 0.3) is 5.91 Å². The van der Waals surface area contributed by atoms with Gasteiger partial charge in [-0.2, -0.15) is 0 Å². The third-order valence-corrected chi connectivity index (χ3v) is 6.12. The molecule has 1 amide bonds. The number of amides is 1. The molecule has 1 aliphatic rings. The quantitative estimate of drug-likeness (QED) is 0.414. The molecule has 0 saturated heterocycles. The Kier molecular flexibility index (Phi) is 7.02. The van der Waals surface area contributed by atoms with Crippen molar-refractivity contribution in [2.75, 3.05) is 31.0 Å².